The Hall–Kier alpha value is -3.19. The van der Waals surface area contributed by atoms with Crippen molar-refractivity contribution in [2.45, 2.75) is 18.8 Å². The second-order valence-corrected chi connectivity index (χ2v) is 8.72. The van der Waals surface area contributed by atoms with E-state index in [0.717, 1.165) is 79.9 Å². The molecule has 2 aliphatic rings. The maximum atomic E-state index is 13.9. The molecule has 0 bridgehead atoms. The molecular formula is C25H26FN5O. The monoisotopic (exact) mass is 431 g/mol. The number of hydrogen-bond donors (Lipinski definition) is 1. The lowest BCUT2D eigenvalue weighted by molar-refractivity contribution is 0.122. The Morgan fingerprint density at radius 1 is 0.969 bits per heavy atom. The molecule has 4 heterocycles. The van der Waals surface area contributed by atoms with Crippen LogP contribution in [0.5, 0.6) is 0 Å². The van der Waals surface area contributed by atoms with E-state index in [-0.39, 0.29) is 5.82 Å². The number of benzene rings is 2. The van der Waals surface area contributed by atoms with E-state index in [1.807, 2.05) is 12.3 Å². The van der Waals surface area contributed by atoms with Gasteiger partial charge in [0.2, 0.25) is 0 Å². The Kier molecular flexibility index (Phi) is 4.91. The first-order valence-corrected chi connectivity index (χ1v) is 11.4. The van der Waals surface area contributed by atoms with E-state index in [2.05, 4.69) is 43.0 Å². The molecule has 164 valence electrons. The molecule has 0 amide bonds. The lowest BCUT2D eigenvalue weighted by Gasteiger charge is -2.34. The molecule has 2 fully saturated rings. The second kappa shape index (κ2) is 8.06. The summed E-state index contributed by atoms with van der Waals surface area (Å²) in [6.45, 7) is 5.16. The Morgan fingerprint density at radius 3 is 2.78 bits per heavy atom. The molecule has 1 unspecified atom stereocenters. The number of ether oxygens (including phenoxy) is 1. The van der Waals surface area contributed by atoms with Crippen molar-refractivity contribution < 1.29 is 9.13 Å². The van der Waals surface area contributed by atoms with E-state index in [1.165, 1.54) is 17.3 Å². The second-order valence-electron chi connectivity index (χ2n) is 8.72. The smallest absolute Gasteiger partial charge is 0.139 e. The van der Waals surface area contributed by atoms with Gasteiger partial charge in [0.1, 0.15) is 18.0 Å². The molecular weight excluding hydrogens is 405 g/mol. The lowest BCUT2D eigenvalue weighted by Crippen LogP contribution is -2.36. The SMILES string of the molecule is Fc1ccc2[nH]cc(C3CCCN(c4ncnc5cc(N6CCOCC6)ccc45)C3)c2c1. The number of aromatic amines is 1. The summed E-state index contributed by atoms with van der Waals surface area (Å²) in [4.78, 5) is 17.3. The first-order valence-electron chi connectivity index (χ1n) is 11.4. The maximum absolute atomic E-state index is 13.9. The van der Waals surface area contributed by atoms with Crippen molar-refractivity contribution in [1.29, 1.82) is 0 Å². The summed E-state index contributed by atoms with van der Waals surface area (Å²) in [7, 11) is 0. The average molecular weight is 432 g/mol. The van der Waals surface area contributed by atoms with E-state index >= 15 is 0 Å². The largest absolute Gasteiger partial charge is 0.378 e. The molecule has 0 saturated carbocycles. The number of hydrogen-bond acceptors (Lipinski definition) is 5. The summed E-state index contributed by atoms with van der Waals surface area (Å²) < 4.78 is 19.4. The van der Waals surface area contributed by atoms with Crippen molar-refractivity contribution in [1.82, 2.24) is 15.0 Å². The zero-order valence-corrected chi connectivity index (χ0v) is 17.9. The van der Waals surface area contributed by atoms with Gasteiger partial charge >= 0.3 is 0 Å². The Labute approximate surface area is 186 Å². The van der Waals surface area contributed by atoms with Gasteiger partial charge in [-0.2, -0.15) is 0 Å². The number of nitrogens with zero attached hydrogens (tertiary/aromatic N) is 4. The fraction of sp³-hybridized carbons (Fsp3) is 0.360. The Morgan fingerprint density at radius 2 is 1.88 bits per heavy atom. The zero-order valence-electron chi connectivity index (χ0n) is 17.9. The molecule has 0 spiro atoms. The minimum absolute atomic E-state index is 0.191. The first kappa shape index (κ1) is 19.5. The van der Waals surface area contributed by atoms with Crippen LogP contribution in [0.15, 0.2) is 48.9 Å². The van der Waals surface area contributed by atoms with Gasteiger partial charge in [0, 0.05) is 60.3 Å². The number of rotatable bonds is 3. The summed E-state index contributed by atoms with van der Waals surface area (Å²) in [6, 6.07) is 11.5. The van der Waals surface area contributed by atoms with Crippen molar-refractivity contribution in [3.63, 3.8) is 0 Å². The third-order valence-corrected chi connectivity index (χ3v) is 6.81. The molecule has 6 rings (SSSR count). The van der Waals surface area contributed by atoms with Gasteiger partial charge in [0.25, 0.3) is 0 Å². The van der Waals surface area contributed by atoms with Crippen molar-refractivity contribution in [2.75, 3.05) is 49.2 Å². The van der Waals surface area contributed by atoms with E-state index < -0.39 is 0 Å². The summed E-state index contributed by atoms with van der Waals surface area (Å²) in [6.07, 6.45) is 5.88. The standard InChI is InChI=1S/C25H26FN5O/c26-18-3-6-23-21(12-18)22(14-27-23)17-2-1-7-31(15-17)25-20-5-4-19(13-24(20)28-16-29-25)30-8-10-32-11-9-30/h3-6,12-14,16-17,27H,1-2,7-11,15H2. The van der Waals surface area contributed by atoms with Crippen molar-refractivity contribution in [3.8, 4) is 0 Å². The van der Waals surface area contributed by atoms with E-state index in [1.54, 1.807) is 12.4 Å². The molecule has 4 aromatic rings. The molecule has 1 N–H and O–H groups in total. The molecule has 0 aliphatic carbocycles. The third kappa shape index (κ3) is 3.46. The minimum Gasteiger partial charge on any atom is -0.378 e. The van der Waals surface area contributed by atoms with Gasteiger partial charge in [-0.1, -0.05) is 0 Å². The summed E-state index contributed by atoms with van der Waals surface area (Å²) in [5.74, 6) is 1.13. The Bertz CT molecular complexity index is 1270. The first-order chi connectivity index (χ1) is 15.8. The number of halogens is 1. The van der Waals surface area contributed by atoms with Gasteiger partial charge in [-0.05, 0) is 54.8 Å². The van der Waals surface area contributed by atoms with Crippen LogP contribution < -0.4 is 9.80 Å². The lowest BCUT2D eigenvalue weighted by atomic mass is 9.90. The predicted octanol–water partition coefficient (Wildman–Crippen LogP) is 4.47. The molecule has 1 atom stereocenters. The summed E-state index contributed by atoms with van der Waals surface area (Å²) in [5.41, 5.74) is 4.33. The van der Waals surface area contributed by atoms with Gasteiger partial charge in [-0.3, -0.25) is 0 Å². The fourth-order valence-corrected chi connectivity index (χ4v) is 5.18. The molecule has 2 aromatic heterocycles. The Balaban J connectivity index is 1.31. The van der Waals surface area contributed by atoms with Gasteiger partial charge in [0.15, 0.2) is 0 Å². The fourth-order valence-electron chi connectivity index (χ4n) is 5.18. The van der Waals surface area contributed by atoms with Crippen LogP contribution in [0, 0.1) is 5.82 Å². The van der Waals surface area contributed by atoms with E-state index in [0.29, 0.717) is 5.92 Å². The van der Waals surface area contributed by atoms with Crippen molar-refractivity contribution >= 4 is 33.3 Å². The molecule has 32 heavy (non-hydrogen) atoms. The van der Waals surface area contributed by atoms with Crippen LogP contribution in [0.2, 0.25) is 0 Å². The van der Waals surface area contributed by atoms with Crippen LogP contribution in [0.1, 0.15) is 24.3 Å². The number of fused-ring (bicyclic) bond motifs is 2. The minimum atomic E-state index is -0.191. The number of H-pyrrole nitrogens is 1. The van der Waals surface area contributed by atoms with Crippen molar-refractivity contribution in [3.05, 3.63) is 60.3 Å². The molecule has 2 aliphatic heterocycles. The van der Waals surface area contributed by atoms with Crippen LogP contribution >= 0.6 is 0 Å². The molecule has 2 aromatic carbocycles. The normalized spacial score (nSPS) is 19.7. The number of nitrogens with one attached hydrogen (secondary N) is 1. The highest BCUT2D eigenvalue weighted by Crippen LogP contribution is 2.36. The number of morpholine rings is 1. The molecule has 6 nitrogen and oxygen atoms in total. The summed E-state index contributed by atoms with van der Waals surface area (Å²) in [5, 5.41) is 2.06. The highest BCUT2D eigenvalue weighted by Gasteiger charge is 2.26. The summed E-state index contributed by atoms with van der Waals surface area (Å²) >= 11 is 0. The van der Waals surface area contributed by atoms with Crippen molar-refractivity contribution in [2.24, 2.45) is 0 Å². The maximum Gasteiger partial charge on any atom is 0.139 e. The third-order valence-electron chi connectivity index (χ3n) is 6.81. The van der Waals surface area contributed by atoms with E-state index in [4.69, 9.17) is 4.74 Å². The zero-order chi connectivity index (χ0) is 21.5. The van der Waals surface area contributed by atoms with Crippen LogP contribution in [-0.2, 0) is 4.74 Å². The topological polar surface area (TPSA) is 57.3 Å². The highest BCUT2D eigenvalue weighted by molar-refractivity contribution is 5.92. The van der Waals surface area contributed by atoms with Gasteiger partial charge in [0.05, 0.1) is 18.7 Å². The number of piperidine rings is 1. The van der Waals surface area contributed by atoms with Crippen LogP contribution in [-0.4, -0.2) is 54.3 Å². The highest BCUT2D eigenvalue weighted by atomic mass is 19.1. The van der Waals surface area contributed by atoms with Gasteiger partial charge in [-0.15, -0.1) is 0 Å². The van der Waals surface area contributed by atoms with Crippen LogP contribution in [0.25, 0.3) is 21.8 Å². The van der Waals surface area contributed by atoms with Crippen LogP contribution in [0.4, 0.5) is 15.9 Å². The molecule has 7 heteroatoms. The number of anilines is 2. The quantitative estimate of drug-likeness (QED) is 0.519. The predicted molar refractivity (Wildman–Crippen MR) is 125 cm³/mol. The molecule has 2 saturated heterocycles. The molecule has 0 radical (unpaired) electrons. The number of aromatic nitrogens is 3. The van der Waals surface area contributed by atoms with Gasteiger partial charge in [-0.25, -0.2) is 14.4 Å². The van der Waals surface area contributed by atoms with E-state index in [9.17, 15) is 4.39 Å². The van der Waals surface area contributed by atoms with Gasteiger partial charge < -0.3 is 19.5 Å². The van der Waals surface area contributed by atoms with Crippen LogP contribution in [0.3, 0.4) is 0 Å². The average Bonchev–Trinajstić information content (AvgIpc) is 3.27.